The predicted octanol–water partition coefficient (Wildman–Crippen LogP) is -0.557. The van der Waals surface area contributed by atoms with Gasteiger partial charge in [0.25, 0.3) is 10.0 Å². The first kappa shape index (κ1) is 13.9. The molecule has 0 saturated heterocycles. The number of aliphatic hydroxyl groups excluding tert-OH is 1. The number of aliphatic hydroxyl groups is 1. The highest BCUT2D eigenvalue weighted by Crippen LogP contribution is 2.14. The van der Waals surface area contributed by atoms with Gasteiger partial charge < -0.3 is 15.4 Å². The Morgan fingerprint density at radius 3 is 2.71 bits per heavy atom. The van der Waals surface area contributed by atoms with Crippen molar-refractivity contribution in [2.75, 3.05) is 18.9 Å². The van der Waals surface area contributed by atoms with Gasteiger partial charge in [-0.2, -0.15) is 0 Å². The molecule has 1 aromatic rings. The Hall–Kier alpha value is -1.12. The molecule has 0 spiro atoms. The Kier molecular flexibility index (Phi) is 4.91. The van der Waals surface area contributed by atoms with Gasteiger partial charge in [-0.05, 0) is 19.3 Å². The summed E-state index contributed by atoms with van der Waals surface area (Å²) in [7, 11) is -2.03. The third-order valence-electron chi connectivity index (χ3n) is 2.29. The fourth-order valence-corrected chi connectivity index (χ4v) is 2.76. The molecule has 1 aromatic heterocycles. The molecule has 0 aliphatic heterocycles. The van der Waals surface area contributed by atoms with Crippen LogP contribution in [0.5, 0.6) is 0 Å². The van der Waals surface area contributed by atoms with Gasteiger partial charge in [0.1, 0.15) is 0 Å². The molecule has 0 bridgehead atoms. The monoisotopic (exact) mass is 262 g/mol. The summed E-state index contributed by atoms with van der Waals surface area (Å²) >= 11 is 0. The van der Waals surface area contributed by atoms with E-state index in [-0.39, 0.29) is 17.5 Å². The quantitative estimate of drug-likeness (QED) is 0.571. The third kappa shape index (κ3) is 3.69. The minimum absolute atomic E-state index is 0.00430. The summed E-state index contributed by atoms with van der Waals surface area (Å²) in [5, 5.41) is 8.57. The summed E-state index contributed by atoms with van der Waals surface area (Å²) in [5.74, 6) is -0.00430. The Labute approximate surface area is 101 Å². The van der Waals surface area contributed by atoms with Gasteiger partial charge in [0.05, 0.1) is 6.33 Å². The van der Waals surface area contributed by atoms with E-state index in [2.05, 4.69) is 9.71 Å². The summed E-state index contributed by atoms with van der Waals surface area (Å²) in [5.41, 5.74) is 5.50. The predicted molar refractivity (Wildman–Crippen MR) is 63.7 cm³/mol. The highest BCUT2D eigenvalue weighted by atomic mass is 32.2. The molecule has 0 fully saturated rings. The van der Waals surface area contributed by atoms with E-state index in [9.17, 15) is 8.42 Å². The molecule has 0 aliphatic carbocycles. The van der Waals surface area contributed by atoms with Crippen LogP contribution in [0.2, 0.25) is 0 Å². The van der Waals surface area contributed by atoms with Crippen LogP contribution in [0.15, 0.2) is 11.4 Å². The number of imidazole rings is 1. The molecule has 0 amide bonds. The van der Waals surface area contributed by atoms with Gasteiger partial charge in [0.2, 0.25) is 0 Å². The zero-order valence-corrected chi connectivity index (χ0v) is 10.6. The lowest BCUT2D eigenvalue weighted by Crippen LogP contribution is -2.27. The molecule has 4 N–H and O–H groups in total. The van der Waals surface area contributed by atoms with Crippen molar-refractivity contribution in [1.29, 1.82) is 0 Å². The average Bonchev–Trinajstić information content (AvgIpc) is 2.58. The number of aromatic nitrogens is 2. The molecule has 0 unspecified atom stereocenters. The van der Waals surface area contributed by atoms with Gasteiger partial charge in [-0.3, -0.25) is 0 Å². The maximum atomic E-state index is 11.9. The Morgan fingerprint density at radius 1 is 1.47 bits per heavy atom. The lowest BCUT2D eigenvalue weighted by Gasteiger charge is -2.07. The minimum atomic E-state index is -3.60. The van der Waals surface area contributed by atoms with E-state index >= 15 is 0 Å². The van der Waals surface area contributed by atoms with Crippen molar-refractivity contribution >= 4 is 15.8 Å². The zero-order valence-electron chi connectivity index (χ0n) is 9.76. The van der Waals surface area contributed by atoms with Crippen molar-refractivity contribution in [3.63, 3.8) is 0 Å². The van der Waals surface area contributed by atoms with Gasteiger partial charge in [-0.1, -0.05) is 0 Å². The van der Waals surface area contributed by atoms with Crippen molar-refractivity contribution in [2.24, 2.45) is 7.05 Å². The first-order chi connectivity index (χ1) is 7.99. The number of rotatable bonds is 7. The van der Waals surface area contributed by atoms with Crippen molar-refractivity contribution in [3.05, 3.63) is 6.33 Å². The molecule has 8 heteroatoms. The van der Waals surface area contributed by atoms with Crippen molar-refractivity contribution in [1.82, 2.24) is 14.3 Å². The molecule has 0 aromatic carbocycles. The van der Waals surface area contributed by atoms with Crippen LogP contribution in [-0.2, 0) is 17.1 Å². The highest BCUT2D eigenvalue weighted by Gasteiger charge is 2.21. The number of aryl methyl sites for hydroxylation is 1. The number of sulfonamides is 1. The smallest absolute Gasteiger partial charge is 0.260 e. The van der Waals surface area contributed by atoms with Crippen LogP contribution in [0.25, 0.3) is 0 Å². The first-order valence-corrected chi connectivity index (χ1v) is 6.84. The molecule has 7 nitrogen and oxygen atoms in total. The average molecular weight is 262 g/mol. The van der Waals surface area contributed by atoms with E-state index in [1.807, 2.05) is 0 Å². The number of hydrogen-bond acceptors (Lipinski definition) is 5. The number of unbranched alkanes of at least 4 members (excludes halogenated alkanes) is 2. The lowest BCUT2D eigenvalue weighted by atomic mass is 10.2. The molecule has 17 heavy (non-hydrogen) atoms. The topological polar surface area (TPSA) is 110 Å². The van der Waals surface area contributed by atoms with Crippen LogP contribution in [0.1, 0.15) is 19.3 Å². The van der Waals surface area contributed by atoms with Crippen LogP contribution < -0.4 is 10.5 Å². The molecule has 0 atom stereocenters. The second kappa shape index (κ2) is 5.99. The number of anilines is 1. The number of nitrogen functional groups attached to an aromatic ring is 1. The zero-order chi connectivity index (χ0) is 12.9. The van der Waals surface area contributed by atoms with Crippen LogP contribution in [0.3, 0.4) is 0 Å². The Bertz CT molecular complexity index is 435. The summed E-state index contributed by atoms with van der Waals surface area (Å²) < 4.78 is 27.6. The van der Waals surface area contributed by atoms with E-state index in [4.69, 9.17) is 10.8 Å². The van der Waals surface area contributed by atoms with E-state index in [1.165, 1.54) is 10.9 Å². The van der Waals surface area contributed by atoms with Gasteiger partial charge in [0.15, 0.2) is 10.8 Å². The molecule has 1 heterocycles. The fourth-order valence-electron chi connectivity index (χ4n) is 1.45. The number of nitrogens with two attached hydrogens (primary N) is 1. The Morgan fingerprint density at radius 2 is 2.18 bits per heavy atom. The second-order valence-electron chi connectivity index (χ2n) is 3.73. The SMILES string of the molecule is Cn1cnc(N)c1S(=O)(=O)NCCCCCO. The first-order valence-electron chi connectivity index (χ1n) is 5.36. The van der Waals surface area contributed by atoms with E-state index in [0.29, 0.717) is 19.4 Å². The standard InChI is InChI=1S/C9H18N4O3S/c1-13-7-11-8(10)9(13)17(15,16)12-5-3-2-4-6-14/h7,12,14H,2-6,10H2,1H3. The fraction of sp³-hybridized carbons (Fsp3) is 0.667. The summed E-state index contributed by atoms with van der Waals surface area (Å²) in [6.45, 7) is 0.453. The van der Waals surface area contributed by atoms with Gasteiger partial charge in [0, 0.05) is 20.2 Å². The van der Waals surface area contributed by atoms with E-state index < -0.39 is 10.0 Å². The van der Waals surface area contributed by atoms with Crippen LogP contribution in [0, 0.1) is 0 Å². The van der Waals surface area contributed by atoms with E-state index in [0.717, 1.165) is 6.42 Å². The number of nitrogens with zero attached hydrogens (tertiary/aromatic N) is 2. The van der Waals surface area contributed by atoms with Gasteiger partial charge >= 0.3 is 0 Å². The third-order valence-corrected chi connectivity index (χ3v) is 3.88. The van der Waals surface area contributed by atoms with Crippen molar-refractivity contribution in [2.45, 2.75) is 24.3 Å². The molecular weight excluding hydrogens is 244 g/mol. The van der Waals surface area contributed by atoms with Gasteiger partial charge in [-0.25, -0.2) is 18.1 Å². The lowest BCUT2D eigenvalue weighted by molar-refractivity contribution is 0.283. The molecule has 0 aliphatic rings. The number of hydrogen-bond donors (Lipinski definition) is 3. The van der Waals surface area contributed by atoms with Crippen LogP contribution >= 0.6 is 0 Å². The largest absolute Gasteiger partial charge is 0.396 e. The molecule has 98 valence electrons. The summed E-state index contributed by atoms with van der Waals surface area (Å²) in [6.07, 6.45) is 3.49. The Balaban J connectivity index is 2.58. The highest BCUT2D eigenvalue weighted by molar-refractivity contribution is 7.89. The van der Waals surface area contributed by atoms with E-state index in [1.54, 1.807) is 7.05 Å². The number of nitrogens with one attached hydrogen (secondary N) is 1. The maximum Gasteiger partial charge on any atom is 0.260 e. The molecular formula is C9H18N4O3S. The van der Waals surface area contributed by atoms with Crippen molar-refractivity contribution in [3.8, 4) is 0 Å². The summed E-state index contributed by atoms with van der Waals surface area (Å²) in [4.78, 5) is 3.73. The van der Waals surface area contributed by atoms with Crippen LogP contribution in [-0.4, -0.2) is 36.2 Å². The maximum absolute atomic E-state index is 11.9. The second-order valence-corrected chi connectivity index (χ2v) is 5.41. The van der Waals surface area contributed by atoms with Crippen molar-refractivity contribution < 1.29 is 13.5 Å². The van der Waals surface area contributed by atoms with Crippen LogP contribution in [0.4, 0.5) is 5.82 Å². The normalized spacial score (nSPS) is 11.9. The minimum Gasteiger partial charge on any atom is -0.396 e. The summed E-state index contributed by atoms with van der Waals surface area (Å²) in [6, 6.07) is 0. The molecule has 1 rings (SSSR count). The molecule has 0 saturated carbocycles. The van der Waals surface area contributed by atoms with Gasteiger partial charge in [-0.15, -0.1) is 0 Å². The molecule has 0 radical (unpaired) electrons.